The van der Waals surface area contributed by atoms with E-state index in [4.69, 9.17) is 28.6 Å². The summed E-state index contributed by atoms with van der Waals surface area (Å²) in [6.07, 6.45) is 1.80. The fraction of sp³-hybridized carbons (Fsp3) is 0.0741. The predicted octanol–water partition coefficient (Wildman–Crippen LogP) is 7.74. The number of rotatable bonds is 5. The molecule has 1 aliphatic rings. The Kier molecular flexibility index (Phi) is 6.75. The molecule has 3 aromatic carbocycles. The van der Waals surface area contributed by atoms with Gasteiger partial charge >= 0.3 is 5.97 Å². The van der Waals surface area contributed by atoms with E-state index < -0.39 is 5.97 Å². The molecule has 0 spiro atoms. The number of carbonyl (C=O) groups is 2. The Hall–Kier alpha value is -2.97. The highest BCUT2D eigenvalue weighted by Crippen LogP contribution is 2.38. The molecule has 1 amide bonds. The number of hydrogen-bond donors (Lipinski definition) is 0. The molecule has 8 heteroatoms. The van der Waals surface area contributed by atoms with Crippen LogP contribution in [-0.2, 0) is 4.79 Å². The molecule has 1 aromatic heterocycles. The van der Waals surface area contributed by atoms with E-state index >= 15 is 0 Å². The van der Waals surface area contributed by atoms with E-state index in [0.29, 0.717) is 24.9 Å². The van der Waals surface area contributed by atoms with Crippen LogP contribution in [0.15, 0.2) is 83.8 Å². The summed E-state index contributed by atoms with van der Waals surface area (Å²) in [5, 5.41) is 1.24. The van der Waals surface area contributed by atoms with Crippen molar-refractivity contribution in [2.24, 2.45) is 0 Å². The van der Waals surface area contributed by atoms with Crippen LogP contribution in [0.25, 0.3) is 16.2 Å². The fourth-order valence-corrected chi connectivity index (χ4v) is 6.58. The average molecular weight is 536 g/mol. The van der Waals surface area contributed by atoms with Crippen LogP contribution < -0.4 is 4.74 Å². The number of fused-ring (bicyclic) bond motifs is 1. The molecule has 0 saturated carbocycles. The number of thiocarbonyl (C=S) groups is 1. The minimum atomic E-state index is -0.500. The Bertz CT molecular complexity index is 1480. The van der Waals surface area contributed by atoms with Crippen LogP contribution in [0.4, 0.5) is 0 Å². The number of halogens is 1. The quantitative estimate of drug-likeness (QED) is 0.113. The number of thioether (sulfide) groups is 1. The van der Waals surface area contributed by atoms with E-state index in [2.05, 4.69) is 0 Å². The molecule has 1 aliphatic heterocycles. The Balaban J connectivity index is 1.30. The standard InChI is InChI=1S/C27H18ClNO3S3/c1-16(18-7-3-2-4-8-18)29-25(30)22(35-27(29)33)15-17-11-13-19(14-12-17)32-26(31)24-23(28)20-9-5-6-10-21(20)34-24/h2-16H,1H3. The second-order valence-electron chi connectivity index (χ2n) is 7.84. The minimum Gasteiger partial charge on any atom is -0.422 e. The van der Waals surface area contributed by atoms with Gasteiger partial charge in [-0.2, -0.15) is 0 Å². The number of ether oxygens (including phenoxy) is 1. The summed E-state index contributed by atoms with van der Waals surface area (Å²) < 4.78 is 7.00. The van der Waals surface area contributed by atoms with Gasteiger partial charge in [0, 0.05) is 10.1 Å². The van der Waals surface area contributed by atoms with Crippen molar-refractivity contribution in [3.63, 3.8) is 0 Å². The lowest BCUT2D eigenvalue weighted by Crippen LogP contribution is -2.30. The molecule has 4 aromatic rings. The molecule has 1 atom stereocenters. The lowest BCUT2D eigenvalue weighted by molar-refractivity contribution is -0.123. The molecular formula is C27H18ClNO3S3. The van der Waals surface area contributed by atoms with Gasteiger partial charge in [0.15, 0.2) is 0 Å². The molecule has 0 radical (unpaired) electrons. The minimum absolute atomic E-state index is 0.119. The van der Waals surface area contributed by atoms with Gasteiger partial charge in [-0.1, -0.05) is 96.2 Å². The lowest BCUT2D eigenvalue weighted by atomic mass is 10.1. The van der Waals surface area contributed by atoms with Crippen molar-refractivity contribution in [2.45, 2.75) is 13.0 Å². The normalized spacial score (nSPS) is 15.7. The Labute approximate surface area is 221 Å². The van der Waals surface area contributed by atoms with Crippen molar-refractivity contribution < 1.29 is 14.3 Å². The maximum atomic E-state index is 13.1. The maximum Gasteiger partial charge on any atom is 0.355 e. The van der Waals surface area contributed by atoms with Gasteiger partial charge in [0.05, 0.1) is 16.0 Å². The van der Waals surface area contributed by atoms with Crippen LogP contribution in [0.5, 0.6) is 5.75 Å². The van der Waals surface area contributed by atoms with E-state index in [-0.39, 0.29) is 11.9 Å². The third-order valence-electron chi connectivity index (χ3n) is 5.60. The molecule has 4 nitrogen and oxygen atoms in total. The summed E-state index contributed by atoms with van der Waals surface area (Å²) in [4.78, 5) is 28.3. The fourth-order valence-electron chi connectivity index (χ4n) is 3.78. The SMILES string of the molecule is CC(c1ccccc1)N1C(=O)C(=Cc2ccc(OC(=O)c3sc4ccccc4c3Cl)cc2)SC1=S. The first-order valence-corrected chi connectivity index (χ1v) is 13.2. The number of thiophene rings is 1. The van der Waals surface area contributed by atoms with Crippen molar-refractivity contribution in [1.29, 1.82) is 0 Å². The van der Waals surface area contributed by atoms with Crippen LogP contribution in [0, 0.1) is 0 Å². The van der Waals surface area contributed by atoms with Crippen LogP contribution in [0.1, 0.15) is 33.8 Å². The number of esters is 1. The van der Waals surface area contributed by atoms with Gasteiger partial charge in [-0.25, -0.2) is 4.79 Å². The van der Waals surface area contributed by atoms with Gasteiger partial charge in [0.2, 0.25) is 0 Å². The maximum absolute atomic E-state index is 13.1. The van der Waals surface area contributed by atoms with Gasteiger partial charge in [-0.05, 0) is 42.3 Å². The molecule has 174 valence electrons. The van der Waals surface area contributed by atoms with E-state index in [1.54, 1.807) is 35.2 Å². The smallest absolute Gasteiger partial charge is 0.355 e. The zero-order valence-electron chi connectivity index (χ0n) is 18.4. The first kappa shape index (κ1) is 23.8. The number of carbonyl (C=O) groups excluding carboxylic acids is 2. The molecule has 35 heavy (non-hydrogen) atoms. The Morgan fingerprint density at radius 2 is 1.71 bits per heavy atom. The van der Waals surface area contributed by atoms with Crippen molar-refractivity contribution >= 4 is 79.3 Å². The first-order chi connectivity index (χ1) is 16.9. The van der Waals surface area contributed by atoms with Crippen LogP contribution in [0.3, 0.4) is 0 Å². The second kappa shape index (κ2) is 9.95. The topological polar surface area (TPSA) is 46.6 Å². The van der Waals surface area contributed by atoms with Crippen LogP contribution in [-0.4, -0.2) is 21.1 Å². The molecule has 1 fully saturated rings. The van der Waals surface area contributed by atoms with E-state index in [0.717, 1.165) is 21.2 Å². The molecule has 5 rings (SSSR count). The Morgan fingerprint density at radius 1 is 1.03 bits per heavy atom. The molecule has 0 aliphatic carbocycles. The third-order valence-corrected chi connectivity index (χ3v) is 8.59. The second-order valence-corrected chi connectivity index (χ2v) is 10.9. The zero-order chi connectivity index (χ0) is 24.5. The number of amides is 1. The average Bonchev–Trinajstić information content (AvgIpc) is 3.36. The molecule has 1 unspecified atom stereocenters. The summed E-state index contributed by atoms with van der Waals surface area (Å²) in [6.45, 7) is 1.97. The van der Waals surface area contributed by atoms with Crippen molar-refractivity contribution in [1.82, 2.24) is 4.90 Å². The number of benzene rings is 3. The summed E-state index contributed by atoms with van der Waals surface area (Å²) in [5.41, 5.74) is 1.83. The van der Waals surface area contributed by atoms with E-state index in [9.17, 15) is 9.59 Å². The van der Waals surface area contributed by atoms with E-state index in [1.165, 1.54) is 23.1 Å². The summed E-state index contributed by atoms with van der Waals surface area (Å²) in [5.74, 6) is -0.225. The van der Waals surface area contributed by atoms with E-state index in [1.807, 2.05) is 61.5 Å². The zero-order valence-corrected chi connectivity index (χ0v) is 21.6. The van der Waals surface area contributed by atoms with Gasteiger partial charge in [0.25, 0.3) is 5.91 Å². The third kappa shape index (κ3) is 4.77. The van der Waals surface area contributed by atoms with Crippen LogP contribution >= 0.6 is 46.9 Å². The van der Waals surface area contributed by atoms with Crippen molar-refractivity contribution in [2.75, 3.05) is 0 Å². The molecular weight excluding hydrogens is 518 g/mol. The highest BCUT2D eigenvalue weighted by molar-refractivity contribution is 8.26. The van der Waals surface area contributed by atoms with Crippen LogP contribution in [0.2, 0.25) is 5.02 Å². The molecule has 2 heterocycles. The number of nitrogens with zero attached hydrogens (tertiary/aromatic N) is 1. The van der Waals surface area contributed by atoms with Crippen molar-refractivity contribution in [3.05, 3.63) is 105 Å². The van der Waals surface area contributed by atoms with Crippen molar-refractivity contribution in [3.8, 4) is 5.75 Å². The van der Waals surface area contributed by atoms with Gasteiger partial charge in [-0.15, -0.1) is 11.3 Å². The van der Waals surface area contributed by atoms with Gasteiger partial charge in [-0.3, -0.25) is 9.69 Å². The highest BCUT2D eigenvalue weighted by Gasteiger charge is 2.35. The monoisotopic (exact) mass is 535 g/mol. The lowest BCUT2D eigenvalue weighted by Gasteiger charge is -2.23. The number of hydrogen-bond acceptors (Lipinski definition) is 6. The van der Waals surface area contributed by atoms with Gasteiger partial charge < -0.3 is 4.74 Å². The first-order valence-electron chi connectivity index (χ1n) is 10.7. The molecule has 0 N–H and O–H groups in total. The summed E-state index contributed by atoms with van der Waals surface area (Å²) in [6, 6.07) is 24.2. The highest BCUT2D eigenvalue weighted by atomic mass is 35.5. The predicted molar refractivity (Wildman–Crippen MR) is 148 cm³/mol. The summed E-state index contributed by atoms with van der Waals surface area (Å²) in [7, 11) is 0. The largest absolute Gasteiger partial charge is 0.422 e. The molecule has 1 saturated heterocycles. The Morgan fingerprint density at radius 3 is 2.43 bits per heavy atom. The summed E-state index contributed by atoms with van der Waals surface area (Å²) >= 11 is 14.5. The van der Waals surface area contributed by atoms with Gasteiger partial charge in [0.1, 0.15) is 14.9 Å². The molecule has 0 bridgehead atoms.